The highest BCUT2D eigenvalue weighted by molar-refractivity contribution is 5.68. The second-order valence-corrected chi connectivity index (χ2v) is 8.42. The van der Waals surface area contributed by atoms with E-state index in [0.717, 1.165) is 23.7 Å². The quantitative estimate of drug-likeness (QED) is 0.640. The van der Waals surface area contributed by atoms with Crippen molar-refractivity contribution in [1.29, 1.82) is 0 Å². The van der Waals surface area contributed by atoms with E-state index in [1.165, 1.54) is 55.3 Å². The molecule has 0 spiro atoms. The van der Waals surface area contributed by atoms with E-state index >= 15 is 0 Å². The molecule has 1 N–H and O–H groups in total. The zero-order chi connectivity index (χ0) is 17.2. The maximum absolute atomic E-state index is 3.22. The number of nitrogens with one attached hydrogen (secondary N) is 1. The van der Waals surface area contributed by atoms with Gasteiger partial charge in [0.15, 0.2) is 0 Å². The van der Waals surface area contributed by atoms with Crippen molar-refractivity contribution in [3.05, 3.63) is 54.1 Å². The summed E-state index contributed by atoms with van der Waals surface area (Å²) < 4.78 is 0. The summed E-state index contributed by atoms with van der Waals surface area (Å²) >= 11 is 0. The Labute approximate surface area is 152 Å². The fourth-order valence-electron chi connectivity index (χ4n) is 4.69. The van der Waals surface area contributed by atoms with Crippen molar-refractivity contribution in [2.24, 2.45) is 17.8 Å². The Kier molecular flexibility index (Phi) is 4.83. The molecule has 2 fully saturated rings. The molecule has 2 saturated carbocycles. The lowest BCUT2D eigenvalue weighted by Gasteiger charge is -2.26. The largest absolute Gasteiger partial charge is 0.388 e. The maximum atomic E-state index is 3.22. The summed E-state index contributed by atoms with van der Waals surface area (Å²) in [5.41, 5.74) is 5.34. The molecule has 0 aliphatic heterocycles. The molecule has 0 aromatic heterocycles. The van der Waals surface area contributed by atoms with E-state index in [9.17, 15) is 0 Å². The van der Waals surface area contributed by atoms with Gasteiger partial charge in [-0.05, 0) is 65.3 Å². The average molecular weight is 334 g/mol. The fourth-order valence-corrected chi connectivity index (χ4v) is 4.69. The molecule has 0 saturated heterocycles. The summed E-state index contributed by atoms with van der Waals surface area (Å²) in [6, 6.07) is 18.0. The van der Waals surface area contributed by atoms with Crippen LogP contribution in [0.1, 0.15) is 56.9 Å². The van der Waals surface area contributed by atoms with Crippen LogP contribution in [0.4, 0.5) is 5.69 Å². The van der Waals surface area contributed by atoms with Gasteiger partial charge < -0.3 is 5.32 Å². The van der Waals surface area contributed by atoms with Gasteiger partial charge in [0.2, 0.25) is 0 Å². The first-order valence-corrected chi connectivity index (χ1v) is 10.1. The van der Waals surface area contributed by atoms with Crippen LogP contribution in [-0.4, -0.2) is 7.05 Å². The van der Waals surface area contributed by atoms with Gasteiger partial charge in [-0.2, -0.15) is 0 Å². The fraction of sp³-hybridized carbons (Fsp3) is 0.500. The van der Waals surface area contributed by atoms with Gasteiger partial charge in [-0.1, -0.05) is 69.0 Å². The number of hydrogen-bond donors (Lipinski definition) is 1. The number of anilines is 1. The van der Waals surface area contributed by atoms with Crippen molar-refractivity contribution >= 4 is 5.69 Å². The van der Waals surface area contributed by atoms with Gasteiger partial charge in [0.25, 0.3) is 0 Å². The van der Waals surface area contributed by atoms with Gasteiger partial charge >= 0.3 is 0 Å². The Bertz CT molecular complexity index is 694. The summed E-state index contributed by atoms with van der Waals surface area (Å²) in [4.78, 5) is 0. The van der Waals surface area contributed by atoms with Gasteiger partial charge in [0.05, 0.1) is 0 Å². The Balaban J connectivity index is 1.36. The van der Waals surface area contributed by atoms with E-state index in [-0.39, 0.29) is 0 Å². The molecule has 2 aromatic carbocycles. The third kappa shape index (κ3) is 3.92. The first-order valence-electron chi connectivity index (χ1n) is 10.1. The molecule has 25 heavy (non-hydrogen) atoms. The standard InChI is InChI=1S/C24H31N/c1-17-6-8-18(9-7-17)14-22-16-24(22)20-12-10-19(11-13-20)21-4-3-5-23(15-21)25-2/h3-5,10-13,15,17-18,22,24-25H,6-9,14,16H2,1-2H3/t17?,18?,22-,24?/m0/s1. The van der Waals surface area contributed by atoms with Crippen LogP contribution in [0.2, 0.25) is 0 Å². The Hall–Kier alpha value is -1.76. The molecular weight excluding hydrogens is 302 g/mol. The Morgan fingerprint density at radius 2 is 1.68 bits per heavy atom. The average Bonchev–Trinajstić information content (AvgIpc) is 3.43. The molecule has 0 amide bonds. The summed E-state index contributed by atoms with van der Waals surface area (Å²) in [6.45, 7) is 2.42. The smallest absolute Gasteiger partial charge is 0.0343 e. The summed E-state index contributed by atoms with van der Waals surface area (Å²) in [7, 11) is 1.97. The van der Waals surface area contributed by atoms with E-state index in [4.69, 9.17) is 0 Å². The first-order chi connectivity index (χ1) is 12.2. The van der Waals surface area contributed by atoms with Crippen molar-refractivity contribution in [3.63, 3.8) is 0 Å². The highest BCUT2D eigenvalue weighted by Crippen LogP contribution is 2.52. The summed E-state index contributed by atoms with van der Waals surface area (Å²) in [5.74, 6) is 3.77. The van der Waals surface area contributed by atoms with Gasteiger partial charge in [-0.15, -0.1) is 0 Å². The topological polar surface area (TPSA) is 12.0 Å². The Morgan fingerprint density at radius 3 is 2.40 bits per heavy atom. The van der Waals surface area contributed by atoms with E-state index in [1.807, 2.05) is 7.05 Å². The molecular formula is C24H31N. The lowest BCUT2D eigenvalue weighted by molar-refractivity contribution is 0.268. The first kappa shape index (κ1) is 16.7. The second-order valence-electron chi connectivity index (χ2n) is 8.42. The van der Waals surface area contributed by atoms with Crippen LogP contribution in [0.15, 0.2) is 48.5 Å². The SMILES string of the molecule is CNc1cccc(-c2ccc(C3C[C@@H]3CC3CCC(C)CC3)cc2)c1. The van der Waals surface area contributed by atoms with Gasteiger partial charge in [0, 0.05) is 12.7 Å². The van der Waals surface area contributed by atoms with Crippen molar-refractivity contribution in [3.8, 4) is 11.1 Å². The molecule has 2 aliphatic carbocycles. The molecule has 1 heteroatoms. The van der Waals surface area contributed by atoms with Crippen LogP contribution < -0.4 is 5.32 Å². The van der Waals surface area contributed by atoms with Crippen molar-refractivity contribution in [2.45, 2.75) is 51.4 Å². The number of hydrogen-bond acceptors (Lipinski definition) is 1. The van der Waals surface area contributed by atoms with Crippen LogP contribution in [0.3, 0.4) is 0 Å². The maximum Gasteiger partial charge on any atom is 0.0343 e. The van der Waals surface area contributed by atoms with E-state index < -0.39 is 0 Å². The molecule has 2 aromatic rings. The van der Waals surface area contributed by atoms with E-state index in [2.05, 4.69) is 60.8 Å². The minimum atomic E-state index is 0.831. The lowest BCUT2D eigenvalue weighted by atomic mass is 9.80. The van der Waals surface area contributed by atoms with Crippen LogP contribution in [0.25, 0.3) is 11.1 Å². The molecule has 1 nitrogen and oxygen atoms in total. The highest BCUT2D eigenvalue weighted by atomic mass is 14.8. The minimum absolute atomic E-state index is 0.831. The number of benzene rings is 2. The van der Waals surface area contributed by atoms with Crippen LogP contribution >= 0.6 is 0 Å². The molecule has 1 unspecified atom stereocenters. The second kappa shape index (κ2) is 7.23. The molecule has 2 aliphatic rings. The molecule has 0 heterocycles. The van der Waals surface area contributed by atoms with Crippen molar-refractivity contribution in [2.75, 3.05) is 12.4 Å². The van der Waals surface area contributed by atoms with Crippen LogP contribution in [0, 0.1) is 17.8 Å². The zero-order valence-electron chi connectivity index (χ0n) is 15.7. The molecule has 4 rings (SSSR count). The van der Waals surface area contributed by atoms with E-state index in [0.29, 0.717) is 0 Å². The third-order valence-electron chi connectivity index (χ3n) is 6.52. The normalized spacial score (nSPS) is 28.6. The van der Waals surface area contributed by atoms with Crippen molar-refractivity contribution < 1.29 is 0 Å². The zero-order valence-corrected chi connectivity index (χ0v) is 15.7. The predicted molar refractivity (Wildman–Crippen MR) is 108 cm³/mol. The molecule has 2 atom stereocenters. The summed E-state index contributed by atoms with van der Waals surface area (Å²) in [6.07, 6.45) is 8.77. The predicted octanol–water partition coefficient (Wildman–Crippen LogP) is 6.72. The Morgan fingerprint density at radius 1 is 0.920 bits per heavy atom. The van der Waals surface area contributed by atoms with Gasteiger partial charge in [-0.3, -0.25) is 0 Å². The molecule has 132 valence electrons. The molecule has 0 bridgehead atoms. The highest BCUT2D eigenvalue weighted by Gasteiger charge is 2.39. The lowest BCUT2D eigenvalue weighted by Crippen LogP contribution is -2.12. The van der Waals surface area contributed by atoms with Crippen LogP contribution in [0.5, 0.6) is 0 Å². The number of rotatable bonds is 5. The van der Waals surface area contributed by atoms with Crippen molar-refractivity contribution in [1.82, 2.24) is 0 Å². The van der Waals surface area contributed by atoms with Gasteiger partial charge in [0.1, 0.15) is 0 Å². The minimum Gasteiger partial charge on any atom is -0.388 e. The molecule has 0 radical (unpaired) electrons. The third-order valence-corrected chi connectivity index (χ3v) is 6.52. The van der Waals surface area contributed by atoms with Crippen LogP contribution in [-0.2, 0) is 0 Å². The summed E-state index contributed by atoms with van der Waals surface area (Å²) in [5, 5.41) is 3.22. The van der Waals surface area contributed by atoms with Gasteiger partial charge in [-0.25, -0.2) is 0 Å². The monoisotopic (exact) mass is 333 g/mol. The van der Waals surface area contributed by atoms with E-state index in [1.54, 1.807) is 5.56 Å².